The van der Waals surface area contributed by atoms with E-state index in [2.05, 4.69) is 33.8 Å². The number of fused-ring (bicyclic) bond motifs is 2. The minimum Gasteiger partial charge on any atom is -0.367 e. The largest absolute Gasteiger partial charge is 0.367 e. The number of hydrogen-bond donors (Lipinski definition) is 2. The average Bonchev–Trinajstić information content (AvgIpc) is 3.30. The van der Waals surface area contributed by atoms with E-state index in [1.54, 1.807) is 0 Å². The second kappa shape index (κ2) is 6.51. The fourth-order valence-electron chi connectivity index (χ4n) is 4.30. The number of nitrogens with one attached hydrogen (secondary N) is 2. The number of benzene rings is 1. The van der Waals surface area contributed by atoms with Crippen molar-refractivity contribution in [3.8, 4) is 11.3 Å². The van der Waals surface area contributed by atoms with Crippen molar-refractivity contribution >= 4 is 22.4 Å². The van der Waals surface area contributed by atoms with Crippen LogP contribution in [0, 0.1) is 13.8 Å². The standard InChI is InChI=1S/C23H24N4O/c1-14-10-11-27-19(12-14)25-21(22(27)24-17-8-3-4-9-17)18-13-16-7-5-6-15(2)20(16)26-23(18)28/h5-7,10-13,17,24H,3-4,8-9H2,1-2H3,(H,26,28). The topological polar surface area (TPSA) is 62.2 Å². The number of aromatic nitrogens is 3. The molecule has 3 heterocycles. The van der Waals surface area contributed by atoms with E-state index in [9.17, 15) is 4.79 Å². The van der Waals surface area contributed by atoms with Gasteiger partial charge in [0, 0.05) is 12.2 Å². The number of rotatable bonds is 3. The van der Waals surface area contributed by atoms with Gasteiger partial charge in [0.05, 0.1) is 11.1 Å². The SMILES string of the molecule is Cc1ccn2c(NC3CCCC3)c(-c3cc4cccc(C)c4[nH]c3=O)nc2c1. The van der Waals surface area contributed by atoms with E-state index in [-0.39, 0.29) is 5.56 Å². The van der Waals surface area contributed by atoms with Crippen molar-refractivity contribution < 1.29 is 0 Å². The van der Waals surface area contributed by atoms with E-state index in [0.717, 1.165) is 52.0 Å². The molecule has 2 N–H and O–H groups in total. The highest BCUT2D eigenvalue weighted by atomic mass is 16.1. The highest BCUT2D eigenvalue weighted by Gasteiger charge is 2.22. The molecule has 1 aliphatic carbocycles. The number of aromatic amines is 1. The lowest BCUT2D eigenvalue weighted by atomic mass is 10.1. The normalized spacial score (nSPS) is 14.9. The molecule has 0 atom stereocenters. The summed E-state index contributed by atoms with van der Waals surface area (Å²) < 4.78 is 2.07. The third kappa shape index (κ3) is 2.78. The molecule has 0 unspecified atom stereocenters. The van der Waals surface area contributed by atoms with Crippen LogP contribution in [-0.4, -0.2) is 20.4 Å². The second-order valence-corrected chi connectivity index (χ2v) is 7.92. The number of imidazole rings is 1. The van der Waals surface area contributed by atoms with Crippen LogP contribution in [0.5, 0.6) is 0 Å². The van der Waals surface area contributed by atoms with Crippen LogP contribution in [0.1, 0.15) is 36.8 Å². The summed E-state index contributed by atoms with van der Waals surface area (Å²) in [5, 5.41) is 4.71. The van der Waals surface area contributed by atoms with Gasteiger partial charge in [0.25, 0.3) is 5.56 Å². The van der Waals surface area contributed by atoms with Crippen LogP contribution in [0.4, 0.5) is 5.82 Å². The molecule has 1 saturated carbocycles. The first-order chi connectivity index (χ1) is 13.6. The first-order valence-corrected chi connectivity index (χ1v) is 9.98. The van der Waals surface area contributed by atoms with Gasteiger partial charge in [-0.25, -0.2) is 4.98 Å². The van der Waals surface area contributed by atoms with Crippen molar-refractivity contribution in [1.29, 1.82) is 0 Å². The zero-order valence-electron chi connectivity index (χ0n) is 16.2. The molecular formula is C23H24N4O. The summed E-state index contributed by atoms with van der Waals surface area (Å²) in [7, 11) is 0. The molecule has 4 aromatic rings. The Morgan fingerprint density at radius 3 is 2.79 bits per heavy atom. The quantitative estimate of drug-likeness (QED) is 0.542. The third-order valence-electron chi connectivity index (χ3n) is 5.82. The molecule has 0 aliphatic heterocycles. The van der Waals surface area contributed by atoms with Gasteiger partial charge in [0.1, 0.15) is 17.2 Å². The number of H-pyrrole nitrogens is 1. The fourth-order valence-corrected chi connectivity index (χ4v) is 4.30. The summed E-state index contributed by atoms with van der Waals surface area (Å²) >= 11 is 0. The Kier molecular flexibility index (Phi) is 3.97. The summed E-state index contributed by atoms with van der Waals surface area (Å²) in [6, 6.07) is 12.6. The minimum absolute atomic E-state index is 0.101. The monoisotopic (exact) mass is 372 g/mol. The maximum atomic E-state index is 13.0. The van der Waals surface area contributed by atoms with E-state index in [4.69, 9.17) is 4.98 Å². The van der Waals surface area contributed by atoms with Crippen LogP contribution >= 0.6 is 0 Å². The van der Waals surface area contributed by atoms with E-state index in [1.807, 2.05) is 37.4 Å². The molecule has 5 nitrogen and oxygen atoms in total. The third-order valence-corrected chi connectivity index (χ3v) is 5.82. The van der Waals surface area contributed by atoms with Crippen molar-refractivity contribution in [2.75, 3.05) is 5.32 Å². The molecule has 0 spiro atoms. The molecule has 1 aromatic carbocycles. The number of aryl methyl sites for hydroxylation is 2. The number of anilines is 1. The summed E-state index contributed by atoms with van der Waals surface area (Å²) in [4.78, 5) is 20.9. The van der Waals surface area contributed by atoms with E-state index < -0.39 is 0 Å². The molecule has 1 aliphatic rings. The van der Waals surface area contributed by atoms with Crippen molar-refractivity contribution in [2.24, 2.45) is 0 Å². The highest BCUT2D eigenvalue weighted by molar-refractivity contribution is 5.87. The Bertz CT molecular complexity index is 1240. The van der Waals surface area contributed by atoms with Gasteiger partial charge >= 0.3 is 0 Å². The number of hydrogen-bond acceptors (Lipinski definition) is 3. The van der Waals surface area contributed by atoms with Crippen LogP contribution < -0.4 is 10.9 Å². The molecule has 3 aromatic heterocycles. The Balaban J connectivity index is 1.74. The number of pyridine rings is 2. The zero-order valence-corrected chi connectivity index (χ0v) is 16.2. The zero-order chi connectivity index (χ0) is 19.3. The molecule has 142 valence electrons. The van der Waals surface area contributed by atoms with Gasteiger partial charge in [-0.05, 0) is 61.4 Å². The maximum absolute atomic E-state index is 13.0. The molecule has 0 amide bonds. The fraction of sp³-hybridized carbons (Fsp3) is 0.304. The van der Waals surface area contributed by atoms with E-state index in [1.165, 1.54) is 12.8 Å². The molecule has 0 saturated heterocycles. The molecule has 0 bridgehead atoms. The summed E-state index contributed by atoms with van der Waals surface area (Å²) in [5.74, 6) is 0.916. The second-order valence-electron chi connectivity index (χ2n) is 7.92. The van der Waals surface area contributed by atoms with Crippen LogP contribution in [0.2, 0.25) is 0 Å². The summed E-state index contributed by atoms with van der Waals surface area (Å²) in [6.07, 6.45) is 6.85. The number of para-hydroxylation sites is 1. The van der Waals surface area contributed by atoms with Crippen molar-refractivity contribution in [2.45, 2.75) is 45.6 Å². The van der Waals surface area contributed by atoms with Crippen LogP contribution in [0.3, 0.4) is 0 Å². The molecule has 1 fully saturated rings. The van der Waals surface area contributed by atoms with Gasteiger partial charge in [0.2, 0.25) is 0 Å². The lowest BCUT2D eigenvalue weighted by Gasteiger charge is -2.15. The van der Waals surface area contributed by atoms with Gasteiger partial charge in [-0.3, -0.25) is 9.20 Å². The van der Waals surface area contributed by atoms with Crippen LogP contribution in [0.15, 0.2) is 47.4 Å². The average molecular weight is 372 g/mol. The molecule has 5 rings (SSSR count). The Hall–Kier alpha value is -3.08. The van der Waals surface area contributed by atoms with E-state index in [0.29, 0.717) is 11.6 Å². The van der Waals surface area contributed by atoms with Crippen molar-refractivity contribution in [1.82, 2.24) is 14.4 Å². The summed E-state index contributed by atoms with van der Waals surface area (Å²) in [5.41, 5.74) is 5.20. The molecule has 28 heavy (non-hydrogen) atoms. The smallest absolute Gasteiger partial charge is 0.258 e. The Morgan fingerprint density at radius 2 is 1.96 bits per heavy atom. The van der Waals surface area contributed by atoms with E-state index >= 15 is 0 Å². The molecular weight excluding hydrogens is 348 g/mol. The van der Waals surface area contributed by atoms with Crippen LogP contribution in [-0.2, 0) is 0 Å². The predicted molar refractivity (Wildman–Crippen MR) is 114 cm³/mol. The maximum Gasteiger partial charge on any atom is 0.258 e. The Morgan fingerprint density at radius 1 is 1.14 bits per heavy atom. The molecule has 0 radical (unpaired) electrons. The Labute approximate surface area is 163 Å². The van der Waals surface area contributed by atoms with Gasteiger partial charge in [-0.1, -0.05) is 31.0 Å². The highest BCUT2D eigenvalue weighted by Crippen LogP contribution is 2.31. The van der Waals surface area contributed by atoms with Gasteiger partial charge in [-0.2, -0.15) is 0 Å². The van der Waals surface area contributed by atoms with Crippen LogP contribution in [0.25, 0.3) is 27.8 Å². The first-order valence-electron chi connectivity index (χ1n) is 9.98. The van der Waals surface area contributed by atoms with Gasteiger partial charge in [-0.15, -0.1) is 0 Å². The van der Waals surface area contributed by atoms with Crippen molar-refractivity contribution in [3.63, 3.8) is 0 Å². The molecule has 5 heteroatoms. The predicted octanol–water partition coefficient (Wildman–Crippen LogP) is 4.81. The first kappa shape index (κ1) is 17.0. The number of nitrogens with zero attached hydrogens (tertiary/aromatic N) is 2. The lowest BCUT2D eigenvalue weighted by Crippen LogP contribution is -2.17. The van der Waals surface area contributed by atoms with Crippen molar-refractivity contribution in [3.05, 3.63) is 64.1 Å². The summed E-state index contributed by atoms with van der Waals surface area (Å²) in [6.45, 7) is 4.07. The lowest BCUT2D eigenvalue weighted by molar-refractivity contribution is 0.749. The minimum atomic E-state index is -0.101. The van der Waals surface area contributed by atoms with Gasteiger partial charge < -0.3 is 10.3 Å². The van der Waals surface area contributed by atoms with Gasteiger partial charge in [0.15, 0.2) is 0 Å².